The molecule has 2 aliphatic carbocycles. The van der Waals surface area contributed by atoms with E-state index in [-0.39, 0.29) is 22.8 Å². The summed E-state index contributed by atoms with van der Waals surface area (Å²) in [5, 5.41) is 4.42. The lowest BCUT2D eigenvalue weighted by molar-refractivity contribution is 0.0935. The summed E-state index contributed by atoms with van der Waals surface area (Å²) in [6.07, 6.45) is 7.48. The van der Waals surface area contributed by atoms with Gasteiger partial charge in [0, 0.05) is 53.6 Å². The number of hydrogen-bond acceptors (Lipinski definition) is 6. The standard InChI is InChI=1S/C25H29N5O3S/c1-14(2)11-29-34(32,33)23-9-18-20(26)10-22(30-25(31)16-4-3-7-27-12-16)24(18)19-13-28-21(8-17(19)23)15-5-6-15/h3-4,7-9,12-15,20,22,29H,5-6,10-11,26H2,1-2H3,(H,30,31)/t20-,22-/m1/s1. The van der Waals surface area contributed by atoms with Gasteiger partial charge in [-0.1, -0.05) is 13.8 Å². The van der Waals surface area contributed by atoms with E-state index in [0.717, 1.165) is 35.0 Å². The number of nitrogens with one attached hydrogen (secondary N) is 2. The van der Waals surface area contributed by atoms with Gasteiger partial charge in [-0.2, -0.15) is 0 Å². The number of pyridine rings is 2. The third-order valence-electron chi connectivity index (χ3n) is 6.51. The molecule has 2 heterocycles. The minimum absolute atomic E-state index is 0.175. The average Bonchev–Trinajstić information content (AvgIpc) is 3.62. The van der Waals surface area contributed by atoms with Crippen molar-refractivity contribution in [2.45, 2.75) is 56.0 Å². The number of aromatic nitrogens is 2. The van der Waals surface area contributed by atoms with E-state index in [4.69, 9.17) is 5.73 Å². The van der Waals surface area contributed by atoms with Crippen molar-refractivity contribution in [2.75, 3.05) is 6.54 Å². The fourth-order valence-electron chi connectivity index (χ4n) is 4.59. The molecule has 2 atom stereocenters. The summed E-state index contributed by atoms with van der Waals surface area (Å²) < 4.78 is 29.4. The van der Waals surface area contributed by atoms with E-state index in [1.807, 2.05) is 19.9 Å². The molecule has 0 unspecified atom stereocenters. The van der Waals surface area contributed by atoms with E-state index in [1.165, 1.54) is 6.20 Å². The van der Waals surface area contributed by atoms with Crippen molar-refractivity contribution in [1.29, 1.82) is 0 Å². The zero-order valence-corrected chi connectivity index (χ0v) is 20.1. The van der Waals surface area contributed by atoms with Crippen molar-refractivity contribution in [3.63, 3.8) is 0 Å². The Bertz CT molecular complexity index is 1350. The van der Waals surface area contributed by atoms with Gasteiger partial charge in [0.15, 0.2) is 0 Å². The fraction of sp³-hybridized carbons (Fsp3) is 0.400. The Balaban J connectivity index is 1.62. The van der Waals surface area contributed by atoms with Gasteiger partial charge in [-0.3, -0.25) is 14.8 Å². The maximum Gasteiger partial charge on any atom is 0.253 e. The van der Waals surface area contributed by atoms with E-state index < -0.39 is 16.1 Å². The lowest BCUT2D eigenvalue weighted by Gasteiger charge is -2.19. The summed E-state index contributed by atoms with van der Waals surface area (Å²) in [4.78, 5) is 21.8. The summed E-state index contributed by atoms with van der Waals surface area (Å²) in [6.45, 7) is 4.27. The Kier molecular flexibility index (Phi) is 5.87. The number of carbonyl (C=O) groups is 1. The van der Waals surface area contributed by atoms with Crippen LogP contribution in [0.3, 0.4) is 0 Å². The van der Waals surface area contributed by atoms with Gasteiger partial charge < -0.3 is 11.1 Å². The Morgan fingerprint density at radius 2 is 2.00 bits per heavy atom. The zero-order chi connectivity index (χ0) is 24.0. The highest BCUT2D eigenvalue weighted by molar-refractivity contribution is 7.89. The molecule has 2 aliphatic rings. The highest BCUT2D eigenvalue weighted by Crippen LogP contribution is 2.46. The van der Waals surface area contributed by atoms with Gasteiger partial charge in [0.1, 0.15) is 0 Å². The molecule has 5 rings (SSSR count). The fourth-order valence-corrected chi connectivity index (χ4v) is 6.03. The van der Waals surface area contributed by atoms with Crippen LogP contribution in [0.5, 0.6) is 0 Å². The van der Waals surface area contributed by atoms with Crippen molar-refractivity contribution >= 4 is 26.7 Å². The molecule has 0 radical (unpaired) electrons. The number of nitrogens with zero attached hydrogens (tertiary/aromatic N) is 2. The van der Waals surface area contributed by atoms with E-state index in [1.54, 1.807) is 30.6 Å². The Hall–Kier alpha value is -2.88. The average molecular weight is 480 g/mol. The number of sulfonamides is 1. The van der Waals surface area contributed by atoms with Crippen molar-refractivity contribution < 1.29 is 13.2 Å². The summed E-state index contributed by atoms with van der Waals surface area (Å²) in [6, 6.07) is 6.26. The number of benzene rings is 1. The van der Waals surface area contributed by atoms with Gasteiger partial charge in [-0.15, -0.1) is 0 Å². The highest BCUT2D eigenvalue weighted by atomic mass is 32.2. The molecular formula is C25H29N5O3S. The predicted molar refractivity (Wildman–Crippen MR) is 130 cm³/mol. The van der Waals surface area contributed by atoms with Crippen LogP contribution in [-0.4, -0.2) is 30.8 Å². The number of amides is 1. The van der Waals surface area contributed by atoms with E-state index >= 15 is 0 Å². The Morgan fingerprint density at radius 1 is 1.21 bits per heavy atom. The molecule has 9 heteroatoms. The molecule has 0 aliphatic heterocycles. The number of fused-ring (bicyclic) bond motifs is 3. The van der Waals surface area contributed by atoms with Crippen LogP contribution in [0.15, 0.2) is 47.8 Å². The minimum Gasteiger partial charge on any atom is -0.345 e. The molecule has 178 valence electrons. The number of nitrogens with two attached hydrogens (primary N) is 1. The lowest BCUT2D eigenvalue weighted by Crippen LogP contribution is -2.28. The topological polar surface area (TPSA) is 127 Å². The smallest absolute Gasteiger partial charge is 0.253 e. The van der Waals surface area contributed by atoms with E-state index in [9.17, 15) is 13.2 Å². The number of carbonyl (C=O) groups excluding carboxylic acids is 1. The second kappa shape index (κ2) is 8.72. The molecule has 1 fully saturated rings. The van der Waals surface area contributed by atoms with Crippen LogP contribution in [0.2, 0.25) is 0 Å². The van der Waals surface area contributed by atoms with Crippen molar-refractivity contribution in [3.8, 4) is 0 Å². The molecule has 2 aromatic heterocycles. The first kappa shape index (κ1) is 22.9. The second-order valence-electron chi connectivity index (χ2n) is 9.66. The zero-order valence-electron chi connectivity index (χ0n) is 19.3. The van der Waals surface area contributed by atoms with Crippen molar-refractivity contribution in [1.82, 2.24) is 20.0 Å². The second-order valence-corrected chi connectivity index (χ2v) is 11.4. The van der Waals surface area contributed by atoms with E-state index in [0.29, 0.717) is 29.8 Å². The van der Waals surface area contributed by atoms with Gasteiger partial charge in [-0.25, -0.2) is 13.1 Å². The van der Waals surface area contributed by atoms with Gasteiger partial charge in [-0.05, 0) is 60.6 Å². The molecule has 34 heavy (non-hydrogen) atoms. The van der Waals surface area contributed by atoms with Crippen molar-refractivity contribution in [3.05, 3.63) is 65.2 Å². The van der Waals surface area contributed by atoms with Crippen LogP contribution in [0.4, 0.5) is 0 Å². The first-order chi connectivity index (χ1) is 16.2. The molecule has 1 saturated carbocycles. The third-order valence-corrected chi connectivity index (χ3v) is 7.98. The van der Waals surface area contributed by atoms with Crippen molar-refractivity contribution in [2.24, 2.45) is 11.7 Å². The van der Waals surface area contributed by atoms with E-state index in [2.05, 4.69) is 20.0 Å². The normalized spacial score (nSPS) is 20.0. The maximum absolute atomic E-state index is 13.3. The maximum atomic E-state index is 13.3. The van der Waals surface area contributed by atoms with Gasteiger partial charge >= 0.3 is 0 Å². The van der Waals surface area contributed by atoms with Crippen LogP contribution in [0, 0.1) is 5.92 Å². The molecule has 1 aromatic carbocycles. The lowest BCUT2D eigenvalue weighted by atomic mass is 9.98. The quantitative estimate of drug-likeness (QED) is 0.477. The first-order valence-electron chi connectivity index (χ1n) is 11.7. The highest BCUT2D eigenvalue weighted by Gasteiger charge is 2.35. The summed E-state index contributed by atoms with van der Waals surface area (Å²) in [5.74, 6) is 0.304. The molecule has 0 bridgehead atoms. The van der Waals surface area contributed by atoms with Crippen LogP contribution in [-0.2, 0) is 10.0 Å². The monoisotopic (exact) mass is 479 g/mol. The third kappa shape index (κ3) is 4.31. The Labute approximate surface area is 199 Å². The molecule has 3 aromatic rings. The van der Waals surface area contributed by atoms with Crippen LogP contribution in [0.1, 0.15) is 78.3 Å². The summed E-state index contributed by atoms with van der Waals surface area (Å²) in [5.41, 5.74) is 9.41. The van der Waals surface area contributed by atoms with Gasteiger partial charge in [0.2, 0.25) is 10.0 Å². The van der Waals surface area contributed by atoms with Gasteiger partial charge in [0.05, 0.1) is 16.5 Å². The largest absolute Gasteiger partial charge is 0.345 e. The van der Waals surface area contributed by atoms with Gasteiger partial charge in [0.25, 0.3) is 5.91 Å². The predicted octanol–water partition coefficient (Wildman–Crippen LogP) is 3.32. The SMILES string of the molecule is CC(C)CNS(=O)(=O)c1cc2c(c3cnc(C4CC4)cc13)[C@H](NC(=O)c1cccnc1)C[C@H]2N. The molecular weight excluding hydrogens is 450 g/mol. The molecule has 8 nitrogen and oxygen atoms in total. The molecule has 0 saturated heterocycles. The minimum atomic E-state index is -3.76. The molecule has 4 N–H and O–H groups in total. The number of hydrogen-bond donors (Lipinski definition) is 3. The van der Waals surface area contributed by atoms with Crippen LogP contribution in [0.25, 0.3) is 10.8 Å². The summed E-state index contributed by atoms with van der Waals surface area (Å²) in [7, 11) is -3.76. The first-order valence-corrected chi connectivity index (χ1v) is 13.2. The molecule has 0 spiro atoms. The van der Waals surface area contributed by atoms with Crippen LogP contribution < -0.4 is 15.8 Å². The van der Waals surface area contributed by atoms with Crippen LogP contribution >= 0.6 is 0 Å². The molecule has 1 amide bonds. The summed E-state index contributed by atoms with van der Waals surface area (Å²) >= 11 is 0. The number of rotatable bonds is 7. The Morgan fingerprint density at radius 3 is 2.68 bits per heavy atom.